The molecular formula is C15H23N3O2. The number of nitrogens with zero attached hydrogens (tertiary/aromatic N) is 1. The van der Waals surface area contributed by atoms with Crippen LogP contribution in [0.25, 0.3) is 0 Å². The maximum atomic E-state index is 12.1. The van der Waals surface area contributed by atoms with E-state index < -0.39 is 0 Å². The molecule has 0 saturated heterocycles. The van der Waals surface area contributed by atoms with Crippen LogP contribution in [0, 0.1) is 0 Å². The number of nitrogen functional groups attached to an aromatic ring is 1. The van der Waals surface area contributed by atoms with E-state index in [1.165, 1.54) is 4.90 Å². The lowest BCUT2D eigenvalue weighted by atomic mass is 10.1. The van der Waals surface area contributed by atoms with Crippen molar-refractivity contribution in [3.8, 4) is 0 Å². The second-order valence-electron chi connectivity index (χ2n) is 4.94. The number of anilines is 2. The molecule has 0 heterocycles. The summed E-state index contributed by atoms with van der Waals surface area (Å²) in [5.41, 5.74) is 8.69. The molecular weight excluding hydrogens is 254 g/mol. The Labute approximate surface area is 120 Å². The second kappa shape index (κ2) is 7.55. The van der Waals surface area contributed by atoms with E-state index in [0.717, 1.165) is 11.3 Å². The first-order valence-electron chi connectivity index (χ1n) is 6.49. The Morgan fingerprint density at radius 2 is 2.15 bits per heavy atom. The highest BCUT2D eigenvalue weighted by Gasteiger charge is 2.13. The number of hydrogen-bond acceptors (Lipinski definition) is 4. The SMILES string of the molecule is C=C(C)COCCNc1cc(N)ccc1C(=O)N(C)C. The van der Waals surface area contributed by atoms with Gasteiger partial charge in [-0.25, -0.2) is 0 Å². The Morgan fingerprint density at radius 1 is 1.45 bits per heavy atom. The summed E-state index contributed by atoms with van der Waals surface area (Å²) >= 11 is 0. The Balaban J connectivity index is 2.65. The third-order valence-electron chi connectivity index (χ3n) is 2.59. The van der Waals surface area contributed by atoms with Gasteiger partial charge in [0.25, 0.3) is 5.91 Å². The lowest BCUT2D eigenvalue weighted by Crippen LogP contribution is -2.23. The summed E-state index contributed by atoms with van der Waals surface area (Å²) in [4.78, 5) is 13.6. The van der Waals surface area contributed by atoms with Gasteiger partial charge in [-0.1, -0.05) is 12.2 Å². The first-order chi connectivity index (χ1) is 9.41. The lowest BCUT2D eigenvalue weighted by molar-refractivity contribution is 0.0828. The zero-order valence-corrected chi connectivity index (χ0v) is 12.4. The largest absolute Gasteiger partial charge is 0.399 e. The summed E-state index contributed by atoms with van der Waals surface area (Å²) in [5, 5.41) is 3.18. The average Bonchev–Trinajstić information content (AvgIpc) is 2.37. The highest BCUT2D eigenvalue weighted by atomic mass is 16.5. The van der Waals surface area contributed by atoms with E-state index in [0.29, 0.717) is 31.0 Å². The molecule has 5 nitrogen and oxygen atoms in total. The summed E-state index contributed by atoms with van der Waals surface area (Å²) in [6, 6.07) is 5.21. The zero-order chi connectivity index (χ0) is 15.1. The van der Waals surface area contributed by atoms with Gasteiger partial charge in [-0.05, 0) is 25.1 Å². The molecule has 1 aromatic rings. The van der Waals surface area contributed by atoms with Crippen molar-refractivity contribution in [3.63, 3.8) is 0 Å². The standard InChI is InChI=1S/C15H23N3O2/c1-11(2)10-20-8-7-17-14-9-12(16)5-6-13(14)15(19)18(3)4/h5-6,9,17H,1,7-8,10,16H2,2-4H3. The highest BCUT2D eigenvalue weighted by Crippen LogP contribution is 2.20. The average molecular weight is 277 g/mol. The predicted molar refractivity (Wildman–Crippen MR) is 83.0 cm³/mol. The lowest BCUT2D eigenvalue weighted by Gasteiger charge is -2.16. The first kappa shape index (κ1) is 16.0. The van der Waals surface area contributed by atoms with Crippen molar-refractivity contribution in [2.75, 3.05) is 44.9 Å². The van der Waals surface area contributed by atoms with Gasteiger partial charge < -0.3 is 20.7 Å². The molecule has 1 rings (SSSR count). The van der Waals surface area contributed by atoms with Crippen molar-refractivity contribution in [2.45, 2.75) is 6.92 Å². The minimum atomic E-state index is -0.0599. The number of amides is 1. The molecule has 0 unspecified atom stereocenters. The van der Waals surface area contributed by atoms with Crippen molar-refractivity contribution in [1.82, 2.24) is 4.90 Å². The quantitative estimate of drug-likeness (QED) is 0.454. The third kappa shape index (κ3) is 4.93. The predicted octanol–water partition coefficient (Wildman–Crippen LogP) is 1.98. The molecule has 1 amide bonds. The summed E-state index contributed by atoms with van der Waals surface area (Å²) < 4.78 is 5.41. The van der Waals surface area contributed by atoms with Crippen LogP contribution in [0.5, 0.6) is 0 Å². The van der Waals surface area contributed by atoms with Gasteiger partial charge in [-0.2, -0.15) is 0 Å². The molecule has 0 atom stereocenters. The summed E-state index contributed by atoms with van der Waals surface area (Å²) in [7, 11) is 3.44. The topological polar surface area (TPSA) is 67.6 Å². The van der Waals surface area contributed by atoms with Crippen molar-refractivity contribution < 1.29 is 9.53 Å². The molecule has 20 heavy (non-hydrogen) atoms. The number of hydrogen-bond donors (Lipinski definition) is 2. The first-order valence-corrected chi connectivity index (χ1v) is 6.49. The maximum absolute atomic E-state index is 12.1. The molecule has 110 valence electrons. The summed E-state index contributed by atoms with van der Waals surface area (Å²) in [6.07, 6.45) is 0. The molecule has 0 aliphatic carbocycles. The number of carbonyl (C=O) groups is 1. The molecule has 0 radical (unpaired) electrons. The van der Waals surface area contributed by atoms with Crippen LogP contribution in [0.15, 0.2) is 30.4 Å². The van der Waals surface area contributed by atoms with E-state index in [2.05, 4.69) is 11.9 Å². The van der Waals surface area contributed by atoms with E-state index in [1.54, 1.807) is 32.3 Å². The number of nitrogens with one attached hydrogen (secondary N) is 1. The Morgan fingerprint density at radius 3 is 2.75 bits per heavy atom. The fourth-order valence-electron chi connectivity index (χ4n) is 1.64. The van der Waals surface area contributed by atoms with Crippen molar-refractivity contribution in [2.24, 2.45) is 0 Å². The molecule has 0 fully saturated rings. The van der Waals surface area contributed by atoms with Gasteiger partial charge in [-0.15, -0.1) is 0 Å². The van der Waals surface area contributed by atoms with E-state index in [-0.39, 0.29) is 5.91 Å². The van der Waals surface area contributed by atoms with E-state index in [1.807, 2.05) is 6.92 Å². The molecule has 0 aliphatic rings. The van der Waals surface area contributed by atoms with Gasteiger partial charge in [0, 0.05) is 32.0 Å². The van der Waals surface area contributed by atoms with Crippen LogP contribution < -0.4 is 11.1 Å². The normalized spacial score (nSPS) is 10.2. The minimum Gasteiger partial charge on any atom is -0.399 e. The smallest absolute Gasteiger partial charge is 0.255 e. The molecule has 0 aliphatic heterocycles. The van der Waals surface area contributed by atoms with Crippen LogP contribution in [0.2, 0.25) is 0 Å². The van der Waals surface area contributed by atoms with Gasteiger partial charge in [0.05, 0.1) is 18.8 Å². The molecule has 5 heteroatoms. The van der Waals surface area contributed by atoms with Crippen molar-refractivity contribution in [1.29, 1.82) is 0 Å². The summed E-state index contributed by atoms with van der Waals surface area (Å²) in [5.74, 6) is -0.0599. The number of rotatable bonds is 7. The Bertz CT molecular complexity index is 484. The van der Waals surface area contributed by atoms with Gasteiger partial charge in [0.1, 0.15) is 0 Å². The van der Waals surface area contributed by atoms with Crippen LogP contribution in [-0.4, -0.2) is 44.7 Å². The van der Waals surface area contributed by atoms with E-state index in [9.17, 15) is 4.79 Å². The number of ether oxygens (including phenoxy) is 1. The molecule has 0 bridgehead atoms. The van der Waals surface area contributed by atoms with Gasteiger partial charge in [0.2, 0.25) is 0 Å². The van der Waals surface area contributed by atoms with Crippen molar-refractivity contribution in [3.05, 3.63) is 35.9 Å². The van der Waals surface area contributed by atoms with Gasteiger partial charge >= 0.3 is 0 Å². The monoisotopic (exact) mass is 277 g/mol. The number of nitrogens with two attached hydrogens (primary N) is 1. The zero-order valence-electron chi connectivity index (χ0n) is 12.4. The van der Waals surface area contributed by atoms with Gasteiger partial charge in [-0.3, -0.25) is 4.79 Å². The Kier molecular flexibility index (Phi) is 6.06. The Hall–Kier alpha value is -2.01. The molecule has 3 N–H and O–H groups in total. The van der Waals surface area contributed by atoms with Crippen LogP contribution >= 0.6 is 0 Å². The molecule has 1 aromatic carbocycles. The minimum absolute atomic E-state index is 0.0599. The van der Waals surface area contributed by atoms with Gasteiger partial charge in [0.15, 0.2) is 0 Å². The number of benzene rings is 1. The van der Waals surface area contributed by atoms with Crippen LogP contribution in [0.3, 0.4) is 0 Å². The fraction of sp³-hybridized carbons (Fsp3) is 0.400. The summed E-state index contributed by atoms with van der Waals surface area (Å²) in [6.45, 7) is 7.37. The van der Waals surface area contributed by atoms with Crippen LogP contribution in [0.1, 0.15) is 17.3 Å². The van der Waals surface area contributed by atoms with Crippen LogP contribution in [-0.2, 0) is 4.74 Å². The number of carbonyl (C=O) groups excluding carboxylic acids is 1. The van der Waals surface area contributed by atoms with E-state index >= 15 is 0 Å². The molecule has 0 saturated carbocycles. The molecule has 0 aromatic heterocycles. The second-order valence-corrected chi connectivity index (χ2v) is 4.94. The van der Waals surface area contributed by atoms with Crippen molar-refractivity contribution >= 4 is 17.3 Å². The van der Waals surface area contributed by atoms with E-state index in [4.69, 9.17) is 10.5 Å². The van der Waals surface area contributed by atoms with Crippen LogP contribution in [0.4, 0.5) is 11.4 Å². The fourth-order valence-corrected chi connectivity index (χ4v) is 1.64. The maximum Gasteiger partial charge on any atom is 0.255 e. The third-order valence-corrected chi connectivity index (χ3v) is 2.59. The molecule has 0 spiro atoms. The highest BCUT2D eigenvalue weighted by molar-refractivity contribution is 5.99.